The van der Waals surface area contributed by atoms with Crippen LogP contribution in [0.15, 0.2) is 16.6 Å². The van der Waals surface area contributed by atoms with Crippen molar-refractivity contribution in [3.8, 4) is 11.5 Å². The molecule has 0 saturated carbocycles. The van der Waals surface area contributed by atoms with E-state index in [-0.39, 0.29) is 11.2 Å². The van der Waals surface area contributed by atoms with Crippen molar-refractivity contribution < 1.29 is 19.3 Å². The topological polar surface area (TPSA) is 47.9 Å². The van der Waals surface area contributed by atoms with Crippen molar-refractivity contribution in [3.63, 3.8) is 0 Å². The van der Waals surface area contributed by atoms with Crippen molar-refractivity contribution in [2.45, 2.75) is 59.7 Å². The Balaban J connectivity index is 2.07. The maximum Gasteiger partial charge on any atom is 0.187 e. The number of benzene rings is 1. The fourth-order valence-electron chi connectivity index (χ4n) is 2.84. The number of rotatable bonds is 8. The minimum Gasteiger partial charge on any atom is -0.507 e. The number of phenols is 1. The molecule has 1 saturated heterocycles. The third kappa shape index (κ3) is 5.87. The van der Waals surface area contributed by atoms with Crippen LogP contribution in [0.25, 0.3) is 0 Å². The van der Waals surface area contributed by atoms with E-state index in [9.17, 15) is 5.11 Å². The Hall–Kier alpha value is -0.780. The van der Waals surface area contributed by atoms with E-state index in [4.69, 9.17) is 14.2 Å². The van der Waals surface area contributed by atoms with E-state index in [1.807, 2.05) is 6.07 Å². The molecule has 1 N–H and O–H groups in total. The fraction of sp³-hybridized carbons (Fsp3) is 0.700. The van der Waals surface area contributed by atoms with E-state index in [2.05, 4.69) is 43.6 Å². The standard InChI is InChI=1S/C20H31BrO4/c1-5-7-8-14(6-2)11-23-18-9-15(17(22)10-16(18)21)19-24-12-20(3,4)13-25-19/h9-10,14,19,22H,5-8,11-13H2,1-4H3. The Morgan fingerprint density at radius 1 is 1.28 bits per heavy atom. The molecular formula is C20H31BrO4. The second-order valence-electron chi connectivity index (χ2n) is 7.69. The van der Waals surface area contributed by atoms with Crippen LogP contribution in [-0.4, -0.2) is 24.9 Å². The molecule has 4 nitrogen and oxygen atoms in total. The lowest BCUT2D eigenvalue weighted by atomic mass is 9.95. The summed E-state index contributed by atoms with van der Waals surface area (Å²) in [5.74, 6) is 1.42. The zero-order chi connectivity index (χ0) is 18.4. The van der Waals surface area contributed by atoms with Gasteiger partial charge in [0.15, 0.2) is 6.29 Å². The van der Waals surface area contributed by atoms with Gasteiger partial charge in [-0.2, -0.15) is 0 Å². The van der Waals surface area contributed by atoms with Crippen LogP contribution in [0, 0.1) is 11.3 Å². The van der Waals surface area contributed by atoms with Crippen LogP contribution in [-0.2, 0) is 9.47 Å². The highest BCUT2D eigenvalue weighted by Gasteiger charge is 2.31. The first-order valence-electron chi connectivity index (χ1n) is 9.24. The smallest absolute Gasteiger partial charge is 0.187 e. The van der Waals surface area contributed by atoms with Crippen molar-refractivity contribution in [2.75, 3.05) is 19.8 Å². The van der Waals surface area contributed by atoms with Crippen molar-refractivity contribution in [2.24, 2.45) is 11.3 Å². The molecule has 0 amide bonds. The second-order valence-corrected chi connectivity index (χ2v) is 8.54. The summed E-state index contributed by atoms with van der Waals surface area (Å²) in [5, 5.41) is 10.3. The summed E-state index contributed by atoms with van der Waals surface area (Å²) < 4.78 is 18.4. The molecule has 1 aromatic carbocycles. The summed E-state index contributed by atoms with van der Waals surface area (Å²) in [6.45, 7) is 10.5. The number of hydrogen-bond acceptors (Lipinski definition) is 4. The predicted octanol–water partition coefficient (Wildman–Crippen LogP) is 5.82. The van der Waals surface area contributed by atoms with Crippen molar-refractivity contribution in [1.82, 2.24) is 0 Å². The van der Waals surface area contributed by atoms with E-state index in [1.54, 1.807) is 6.07 Å². The lowest BCUT2D eigenvalue weighted by Crippen LogP contribution is -2.33. The molecule has 0 spiro atoms. The quantitative estimate of drug-likeness (QED) is 0.581. The minimum atomic E-state index is -0.550. The Morgan fingerprint density at radius 3 is 2.56 bits per heavy atom. The molecule has 25 heavy (non-hydrogen) atoms. The summed E-state index contributed by atoms with van der Waals surface area (Å²) in [6.07, 6.45) is 4.16. The van der Waals surface area contributed by atoms with Gasteiger partial charge in [0.1, 0.15) is 11.5 Å². The van der Waals surface area contributed by atoms with Crippen LogP contribution in [0.3, 0.4) is 0 Å². The van der Waals surface area contributed by atoms with Crippen molar-refractivity contribution in [3.05, 3.63) is 22.2 Å². The highest BCUT2D eigenvalue weighted by atomic mass is 79.9. The van der Waals surface area contributed by atoms with Gasteiger partial charge in [-0.3, -0.25) is 0 Å². The number of ether oxygens (including phenoxy) is 3. The molecule has 1 fully saturated rings. The Labute approximate surface area is 160 Å². The van der Waals surface area contributed by atoms with Crippen LogP contribution in [0.4, 0.5) is 0 Å². The molecular weight excluding hydrogens is 384 g/mol. The SMILES string of the molecule is CCCCC(CC)COc1cc(C2OCC(C)(C)CO2)c(O)cc1Br. The van der Waals surface area contributed by atoms with Gasteiger partial charge in [-0.25, -0.2) is 0 Å². The maximum absolute atomic E-state index is 10.3. The molecule has 0 aliphatic carbocycles. The average molecular weight is 415 g/mol. The molecule has 0 radical (unpaired) electrons. The molecule has 0 bridgehead atoms. The number of halogens is 1. The van der Waals surface area contributed by atoms with E-state index in [0.29, 0.717) is 31.3 Å². The Bertz CT molecular complexity index is 549. The van der Waals surface area contributed by atoms with Gasteiger partial charge in [0.25, 0.3) is 0 Å². The first-order chi connectivity index (χ1) is 11.9. The zero-order valence-corrected chi connectivity index (χ0v) is 17.4. The van der Waals surface area contributed by atoms with E-state index in [1.165, 1.54) is 19.3 Å². The van der Waals surface area contributed by atoms with E-state index in [0.717, 1.165) is 16.6 Å². The summed E-state index contributed by atoms with van der Waals surface area (Å²) in [7, 11) is 0. The molecule has 0 aromatic heterocycles. The van der Waals surface area contributed by atoms with Crippen LogP contribution < -0.4 is 4.74 Å². The summed E-state index contributed by atoms with van der Waals surface area (Å²) >= 11 is 3.48. The summed E-state index contributed by atoms with van der Waals surface area (Å²) in [5.41, 5.74) is 0.615. The molecule has 1 atom stereocenters. The van der Waals surface area contributed by atoms with Gasteiger partial charge in [0, 0.05) is 5.41 Å². The molecule has 2 rings (SSSR count). The number of phenolic OH excluding ortho intramolecular Hbond substituents is 1. The highest BCUT2D eigenvalue weighted by molar-refractivity contribution is 9.10. The van der Waals surface area contributed by atoms with Gasteiger partial charge in [-0.05, 0) is 40.4 Å². The van der Waals surface area contributed by atoms with Gasteiger partial charge in [-0.15, -0.1) is 0 Å². The molecule has 1 heterocycles. The van der Waals surface area contributed by atoms with Gasteiger partial charge < -0.3 is 19.3 Å². The van der Waals surface area contributed by atoms with Gasteiger partial charge in [0.05, 0.1) is 29.9 Å². The first kappa shape index (κ1) is 20.5. The fourth-order valence-corrected chi connectivity index (χ4v) is 3.28. The highest BCUT2D eigenvalue weighted by Crippen LogP contribution is 2.40. The van der Waals surface area contributed by atoms with Gasteiger partial charge in [0.2, 0.25) is 0 Å². The predicted molar refractivity (Wildman–Crippen MR) is 103 cm³/mol. The first-order valence-corrected chi connectivity index (χ1v) is 10.0. The average Bonchev–Trinajstić information content (AvgIpc) is 2.57. The monoisotopic (exact) mass is 414 g/mol. The third-order valence-electron chi connectivity index (χ3n) is 4.60. The second kappa shape index (κ2) is 9.24. The molecule has 1 aliphatic heterocycles. The van der Waals surface area contributed by atoms with Gasteiger partial charge >= 0.3 is 0 Å². The van der Waals surface area contributed by atoms with E-state index >= 15 is 0 Å². The molecule has 5 heteroatoms. The Morgan fingerprint density at radius 2 is 1.96 bits per heavy atom. The third-order valence-corrected chi connectivity index (χ3v) is 5.22. The summed E-state index contributed by atoms with van der Waals surface area (Å²) in [4.78, 5) is 0. The molecule has 1 unspecified atom stereocenters. The molecule has 1 aliphatic rings. The van der Waals surface area contributed by atoms with Crippen LogP contribution in [0.1, 0.15) is 65.2 Å². The van der Waals surface area contributed by atoms with E-state index < -0.39 is 6.29 Å². The van der Waals surface area contributed by atoms with Crippen LogP contribution in [0.5, 0.6) is 11.5 Å². The Kier molecular flexibility index (Phi) is 7.59. The van der Waals surface area contributed by atoms with Crippen LogP contribution >= 0.6 is 15.9 Å². The van der Waals surface area contributed by atoms with Crippen molar-refractivity contribution in [1.29, 1.82) is 0 Å². The zero-order valence-electron chi connectivity index (χ0n) is 15.8. The number of unbranched alkanes of at least 4 members (excludes halogenated alkanes) is 1. The molecule has 1 aromatic rings. The summed E-state index contributed by atoms with van der Waals surface area (Å²) in [6, 6.07) is 3.49. The number of aromatic hydroxyl groups is 1. The maximum atomic E-state index is 10.3. The normalized spacial score (nSPS) is 18.9. The van der Waals surface area contributed by atoms with Crippen LogP contribution in [0.2, 0.25) is 0 Å². The lowest BCUT2D eigenvalue weighted by Gasteiger charge is -2.35. The van der Waals surface area contributed by atoms with Gasteiger partial charge in [-0.1, -0.05) is 47.0 Å². The molecule has 142 valence electrons. The minimum absolute atomic E-state index is 0.00552. The lowest BCUT2D eigenvalue weighted by molar-refractivity contribution is -0.226. The number of hydrogen-bond donors (Lipinski definition) is 1. The van der Waals surface area contributed by atoms with Crippen molar-refractivity contribution >= 4 is 15.9 Å². The largest absolute Gasteiger partial charge is 0.507 e.